The van der Waals surface area contributed by atoms with Gasteiger partial charge in [0.1, 0.15) is 5.52 Å². The summed E-state index contributed by atoms with van der Waals surface area (Å²) in [4.78, 5) is 17.6. The summed E-state index contributed by atoms with van der Waals surface area (Å²) in [5.74, 6) is 0.440. The SMILES string of the molecule is O=C(Cc1ccc(Cl)s1)Nc1cccc(-c2nc3ccccc3o2)c1. The summed E-state index contributed by atoms with van der Waals surface area (Å²) in [6.45, 7) is 0. The zero-order valence-electron chi connectivity index (χ0n) is 13.0. The molecule has 25 heavy (non-hydrogen) atoms. The molecule has 1 amide bonds. The second kappa shape index (κ2) is 6.70. The molecule has 0 aliphatic heterocycles. The number of anilines is 1. The number of fused-ring (bicyclic) bond motifs is 1. The van der Waals surface area contributed by atoms with E-state index in [4.69, 9.17) is 16.0 Å². The van der Waals surface area contributed by atoms with E-state index in [2.05, 4.69) is 10.3 Å². The average Bonchev–Trinajstić information content (AvgIpc) is 3.21. The second-order valence-corrected chi connectivity index (χ2v) is 7.30. The number of nitrogens with one attached hydrogen (secondary N) is 1. The highest BCUT2D eigenvalue weighted by Crippen LogP contribution is 2.26. The normalized spacial score (nSPS) is 10.9. The van der Waals surface area contributed by atoms with E-state index in [0.717, 1.165) is 21.5 Å². The van der Waals surface area contributed by atoms with Gasteiger partial charge in [-0.2, -0.15) is 0 Å². The fourth-order valence-corrected chi connectivity index (χ4v) is 3.62. The Labute approximate surface area is 153 Å². The lowest BCUT2D eigenvalue weighted by atomic mass is 10.2. The van der Waals surface area contributed by atoms with Crippen LogP contribution in [0.4, 0.5) is 5.69 Å². The molecule has 0 saturated carbocycles. The topological polar surface area (TPSA) is 55.1 Å². The van der Waals surface area contributed by atoms with Gasteiger partial charge in [-0.1, -0.05) is 29.8 Å². The number of thiophene rings is 1. The fourth-order valence-electron chi connectivity index (χ4n) is 2.54. The number of nitrogens with zero attached hydrogens (tertiary/aromatic N) is 1. The molecule has 0 atom stereocenters. The minimum absolute atomic E-state index is 0.0896. The van der Waals surface area contributed by atoms with Crippen molar-refractivity contribution in [2.24, 2.45) is 0 Å². The standard InChI is InChI=1S/C19H13ClN2O2S/c20-17-9-8-14(25-17)11-18(23)21-13-5-3-4-12(10-13)19-22-15-6-1-2-7-16(15)24-19/h1-10H,11H2,(H,21,23). The molecule has 124 valence electrons. The molecule has 4 nitrogen and oxygen atoms in total. The van der Waals surface area contributed by atoms with E-state index in [9.17, 15) is 4.79 Å². The van der Waals surface area contributed by atoms with Crippen molar-refractivity contribution >= 4 is 45.6 Å². The zero-order valence-corrected chi connectivity index (χ0v) is 14.6. The number of hydrogen-bond donors (Lipinski definition) is 1. The number of carbonyl (C=O) groups is 1. The Balaban J connectivity index is 1.53. The number of benzene rings is 2. The number of amides is 1. The van der Waals surface area contributed by atoms with Crippen molar-refractivity contribution in [3.8, 4) is 11.5 Å². The van der Waals surface area contributed by atoms with E-state index in [1.165, 1.54) is 11.3 Å². The number of para-hydroxylation sites is 2. The average molecular weight is 369 g/mol. The maximum absolute atomic E-state index is 12.2. The first kappa shape index (κ1) is 15.9. The van der Waals surface area contributed by atoms with Gasteiger partial charge in [-0.15, -0.1) is 11.3 Å². The van der Waals surface area contributed by atoms with Crippen molar-refractivity contribution in [3.63, 3.8) is 0 Å². The first-order chi connectivity index (χ1) is 12.2. The quantitative estimate of drug-likeness (QED) is 0.525. The molecular formula is C19H13ClN2O2S. The van der Waals surface area contributed by atoms with Crippen LogP contribution in [0.1, 0.15) is 4.88 Å². The molecule has 0 spiro atoms. The van der Waals surface area contributed by atoms with Crippen LogP contribution in [0.2, 0.25) is 4.34 Å². The van der Waals surface area contributed by atoms with Crippen molar-refractivity contribution < 1.29 is 9.21 Å². The molecule has 0 aliphatic rings. The molecule has 1 N–H and O–H groups in total. The molecule has 0 fully saturated rings. The van der Waals surface area contributed by atoms with Crippen LogP contribution in [0, 0.1) is 0 Å². The summed E-state index contributed by atoms with van der Waals surface area (Å²) in [5.41, 5.74) is 3.06. The van der Waals surface area contributed by atoms with Crippen molar-refractivity contribution in [2.45, 2.75) is 6.42 Å². The molecule has 2 aromatic carbocycles. The Bertz CT molecular complexity index is 1020. The molecule has 4 rings (SSSR count). The molecule has 4 aromatic rings. The smallest absolute Gasteiger partial charge is 0.229 e. The van der Waals surface area contributed by atoms with E-state index in [0.29, 0.717) is 22.3 Å². The summed E-state index contributed by atoms with van der Waals surface area (Å²) in [6.07, 6.45) is 0.296. The number of aromatic nitrogens is 1. The van der Waals surface area contributed by atoms with Gasteiger partial charge in [0.25, 0.3) is 0 Å². The van der Waals surface area contributed by atoms with Gasteiger partial charge >= 0.3 is 0 Å². The van der Waals surface area contributed by atoms with Gasteiger partial charge in [0.2, 0.25) is 11.8 Å². The van der Waals surface area contributed by atoms with E-state index < -0.39 is 0 Å². The van der Waals surface area contributed by atoms with Crippen LogP contribution in [0.25, 0.3) is 22.6 Å². The molecular weight excluding hydrogens is 356 g/mol. The maximum atomic E-state index is 12.2. The summed E-state index contributed by atoms with van der Waals surface area (Å²) in [6, 6.07) is 18.7. The molecule has 2 heterocycles. The first-order valence-corrected chi connectivity index (χ1v) is 8.87. The number of rotatable bonds is 4. The van der Waals surface area contributed by atoms with E-state index in [1.807, 2.05) is 54.6 Å². The highest BCUT2D eigenvalue weighted by Gasteiger charge is 2.10. The van der Waals surface area contributed by atoms with Gasteiger partial charge < -0.3 is 9.73 Å². The van der Waals surface area contributed by atoms with Crippen LogP contribution in [-0.2, 0) is 11.2 Å². The second-order valence-electron chi connectivity index (χ2n) is 5.50. The van der Waals surface area contributed by atoms with Crippen molar-refractivity contribution in [3.05, 3.63) is 69.9 Å². The predicted molar refractivity (Wildman–Crippen MR) is 101 cm³/mol. The van der Waals surface area contributed by atoms with Crippen LogP contribution in [-0.4, -0.2) is 10.9 Å². The van der Waals surface area contributed by atoms with Gasteiger partial charge in [-0.25, -0.2) is 4.98 Å². The minimum atomic E-state index is -0.0896. The molecule has 0 bridgehead atoms. The van der Waals surface area contributed by atoms with E-state index >= 15 is 0 Å². The van der Waals surface area contributed by atoms with Crippen LogP contribution >= 0.6 is 22.9 Å². The number of carbonyl (C=O) groups excluding carboxylic acids is 1. The fraction of sp³-hybridized carbons (Fsp3) is 0.0526. The lowest BCUT2D eigenvalue weighted by Crippen LogP contribution is -2.13. The van der Waals surface area contributed by atoms with Gasteiger partial charge in [0.15, 0.2) is 5.58 Å². The third kappa shape index (κ3) is 3.57. The van der Waals surface area contributed by atoms with E-state index in [-0.39, 0.29) is 5.91 Å². The first-order valence-electron chi connectivity index (χ1n) is 7.67. The summed E-state index contributed by atoms with van der Waals surface area (Å²) in [7, 11) is 0. The predicted octanol–water partition coefficient (Wildman–Crippen LogP) is 5.39. The Morgan fingerprint density at radius 1 is 1.12 bits per heavy atom. The van der Waals surface area contributed by atoms with Crippen molar-refractivity contribution in [2.75, 3.05) is 5.32 Å². The molecule has 2 aromatic heterocycles. The van der Waals surface area contributed by atoms with Gasteiger partial charge in [0.05, 0.1) is 10.8 Å². The largest absolute Gasteiger partial charge is 0.436 e. The monoisotopic (exact) mass is 368 g/mol. The molecule has 0 unspecified atom stereocenters. The van der Waals surface area contributed by atoms with E-state index in [1.54, 1.807) is 6.07 Å². The Hall–Kier alpha value is -2.63. The van der Waals surface area contributed by atoms with Crippen LogP contribution in [0.3, 0.4) is 0 Å². The highest BCUT2D eigenvalue weighted by molar-refractivity contribution is 7.16. The van der Waals surface area contributed by atoms with Crippen molar-refractivity contribution in [1.29, 1.82) is 0 Å². The lowest BCUT2D eigenvalue weighted by molar-refractivity contribution is -0.115. The Morgan fingerprint density at radius 3 is 2.80 bits per heavy atom. The van der Waals surface area contributed by atoms with Crippen LogP contribution in [0.15, 0.2) is 65.1 Å². The van der Waals surface area contributed by atoms with Crippen molar-refractivity contribution in [1.82, 2.24) is 4.98 Å². The summed E-state index contributed by atoms with van der Waals surface area (Å²) >= 11 is 7.30. The van der Waals surface area contributed by atoms with Gasteiger partial charge in [-0.3, -0.25) is 4.79 Å². The zero-order chi connectivity index (χ0) is 17.2. The molecule has 0 radical (unpaired) electrons. The molecule has 6 heteroatoms. The van der Waals surface area contributed by atoms with Gasteiger partial charge in [0, 0.05) is 16.1 Å². The molecule has 0 saturated heterocycles. The highest BCUT2D eigenvalue weighted by atomic mass is 35.5. The third-order valence-corrected chi connectivity index (χ3v) is 4.88. The number of oxazole rings is 1. The summed E-state index contributed by atoms with van der Waals surface area (Å²) in [5, 5.41) is 2.90. The van der Waals surface area contributed by atoms with Crippen LogP contribution in [0.5, 0.6) is 0 Å². The van der Waals surface area contributed by atoms with Crippen LogP contribution < -0.4 is 5.32 Å². The number of halogens is 1. The van der Waals surface area contributed by atoms with Gasteiger partial charge in [-0.05, 0) is 42.5 Å². The minimum Gasteiger partial charge on any atom is -0.436 e. The lowest BCUT2D eigenvalue weighted by Gasteiger charge is -2.05. The summed E-state index contributed by atoms with van der Waals surface area (Å²) < 4.78 is 6.46. The third-order valence-electron chi connectivity index (χ3n) is 3.65. The maximum Gasteiger partial charge on any atom is 0.229 e. The Kier molecular flexibility index (Phi) is 4.26. The Morgan fingerprint density at radius 2 is 2.00 bits per heavy atom. The molecule has 0 aliphatic carbocycles. The number of hydrogen-bond acceptors (Lipinski definition) is 4.